The van der Waals surface area contributed by atoms with Gasteiger partial charge in [0.25, 0.3) is 0 Å². The molecule has 76 heavy (non-hydrogen) atoms. The summed E-state index contributed by atoms with van der Waals surface area (Å²) in [4.78, 5) is 38.4. The highest BCUT2D eigenvalue weighted by Gasteiger charge is 2.19. The Labute approximate surface area is 474 Å². The Morgan fingerprint density at radius 3 is 0.750 bits per heavy atom. The van der Waals surface area contributed by atoms with Gasteiger partial charge in [-0.05, 0) is 51.4 Å². The van der Waals surface area contributed by atoms with Crippen LogP contribution in [0.25, 0.3) is 0 Å². The largest absolute Gasteiger partial charge is 0.462 e. The van der Waals surface area contributed by atoms with Gasteiger partial charge in [-0.2, -0.15) is 0 Å². The first kappa shape index (κ1) is 73.9. The lowest BCUT2D eigenvalue weighted by Crippen LogP contribution is -2.30. The molecule has 0 aliphatic heterocycles. The molecule has 0 rings (SSSR count). The van der Waals surface area contributed by atoms with Crippen molar-refractivity contribution in [1.82, 2.24) is 0 Å². The molecule has 0 aromatic carbocycles. The van der Waals surface area contributed by atoms with Gasteiger partial charge in [0, 0.05) is 19.3 Å². The summed E-state index contributed by atoms with van der Waals surface area (Å²) in [5.74, 6) is -0.842. The van der Waals surface area contributed by atoms with Crippen LogP contribution in [0.5, 0.6) is 0 Å². The second-order valence-corrected chi connectivity index (χ2v) is 23.5. The quantitative estimate of drug-likeness (QED) is 0.0261. The predicted octanol–water partition coefficient (Wildman–Crippen LogP) is 23.4. The Bertz CT molecular complexity index is 1230. The fourth-order valence-electron chi connectivity index (χ4n) is 10.5. The second-order valence-electron chi connectivity index (χ2n) is 23.5. The van der Waals surface area contributed by atoms with E-state index in [1.165, 1.54) is 276 Å². The van der Waals surface area contributed by atoms with Gasteiger partial charge >= 0.3 is 17.9 Å². The van der Waals surface area contributed by atoms with E-state index in [0.29, 0.717) is 19.3 Å². The predicted molar refractivity (Wildman–Crippen MR) is 330 cm³/mol. The molecule has 0 aliphatic rings. The van der Waals surface area contributed by atoms with Gasteiger partial charge in [-0.1, -0.05) is 340 Å². The van der Waals surface area contributed by atoms with E-state index in [-0.39, 0.29) is 31.1 Å². The van der Waals surface area contributed by atoms with Gasteiger partial charge in [-0.3, -0.25) is 14.4 Å². The number of hydrogen-bond acceptors (Lipinski definition) is 6. The van der Waals surface area contributed by atoms with Crippen molar-refractivity contribution in [3.63, 3.8) is 0 Å². The Morgan fingerprint density at radius 1 is 0.263 bits per heavy atom. The highest BCUT2D eigenvalue weighted by Crippen LogP contribution is 2.19. The number of carbonyl (C=O) groups is 3. The van der Waals surface area contributed by atoms with Crippen molar-refractivity contribution in [3.8, 4) is 0 Å². The van der Waals surface area contributed by atoms with Crippen molar-refractivity contribution in [1.29, 1.82) is 0 Å². The van der Waals surface area contributed by atoms with E-state index < -0.39 is 6.10 Å². The topological polar surface area (TPSA) is 78.9 Å². The lowest BCUT2D eigenvalue weighted by molar-refractivity contribution is -0.167. The molecule has 0 saturated carbocycles. The summed E-state index contributed by atoms with van der Waals surface area (Å²) in [7, 11) is 0. The summed E-state index contributed by atoms with van der Waals surface area (Å²) in [6.45, 7) is 6.70. The summed E-state index contributed by atoms with van der Waals surface area (Å²) in [6.07, 6.45) is 79.1. The molecule has 0 heterocycles. The molecular formula is C70H132O6. The van der Waals surface area contributed by atoms with E-state index in [1.54, 1.807) is 0 Å². The van der Waals surface area contributed by atoms with Crippen LogP contribution in [0.4, 0.5) is 0 Å². The molecule has 448 valence electrons. The van der Waals surface area contributed by atoms with Crippen LogP contribution in [0, 0.1) is 0 Å². The van der Waals surface area contributed by atoms with Crippen LogP contribution < -0.4 is 0 Å². The van der Waals surface area contributed by atoms with Gasteiger partial charge in [-0.25, -0.2) is 0 Å². The first-order chi connectivity index (χ1) is 37.5. The zero-order valence-electron chi connectivity index (χ0n) is 51.6. The van der Waals surface area contributed by atoms with Crippen LogP contribution in [0.1, 0.15) is 387 Å². The van der Waals surface area contributed by atoms with Crippen molar-refractivity contribution in [3.05, 3.63) is 24.3 Å². The van der Waals surface area contributed by atoms with Crippen LogP contribution in [0.2, 0.25) is 0 Å². The Balaban J connectivity index is 4.29. The first-order valence-electron chi connectivity index (χ1n) is 34.3. The highest BCUT2D eigenvalue weighted by atomic mass is 16.6. The Hall–Kier alpha value is -2.11. The summed E-state index contributed by atoms with van der Waals surface area (Å²) in [5.41, 5.74) is 0. The second kappa shape index (κ2) is 65.4. The number of allylic oxidation sites excluding steroid dienone is 4. The van der Waals surface area contributed by atoms with E-state index in [2.05, 4.69) is 45.1 Å². The van der Waals surface area contributed by atoms with Gasteiger partial charge < -0.3 is 14.2 Å². The minimum Gasteiger partial charge on any atom is -0.462 e. The summed E-state index contributed by atoms with van der Waals surface area (Å²) in [6, 6.07) is 0. The monoisotopic (exact) mass is 1070 g/mol. The van der Waals surface area contributed by atoms with Crippen molar-refractivity contribution >= 4 is 17.9 Å². The summed E-state index contributed by atoms with van der Waals surface area (Å²) in [5, 5.41) is 0. The Morgan fingerprint density at radius 2 is 0.474 bits per heavy atom. The van der Waals surface area contributed by atoms with Crippen LogP contribution in [-0.2, 0) is 28.6 Å². The Kier molecular flexibility index (Phi) is 63.6. The molecule has 0 aliphatic carbocycles. The average Bonchev–Trinajstić information content (AvgIpc) is 3.42. The van der Waals surface area contributed by atoms with E-state index in [9.17, 15) is 14.4 Å². The smallest absolute Gasteiger partial charge is 0.306 e. The van der Waals surface area contributed by atoms with Crippen LogP contribution in [0.15, 0.2) is 24.3 Å². The van der Waals surface area contributed by atoms with E-state index in [0.717, 1.165) is 70.6 Å². The third kappa shape index (κ3) is 62.7. The normalized spacial score (nSPS) is 12.1. The molecule has 0 radical (unpaired) electrons. The van der Waals surface area contributed by atoms with Gasteiger partial charge in [-0.15, -0.1) is 0 Å². The van der Waals surface area contributed by atoms with Crippen molar-refractivity contribution in [2.24, 2.45) is 0 Å². The minimum atomic E-state index is -0.771. The van der Waals surface area contributed by atoms with E-state index in [4.69, 9.17) is 14.2 Å². The lowest BCUT2D eigenvalue weighted by atomic mass is 10.0. The van der Waals surface area contributed by atoms with Crippen LogP contribution >= 0.6 is 0 Å². The zero-order valence-corrected chi connectivity index (χ0v) is 51.6. The van der Waals surface area contributed by atoms with Crippen molar-refractivity contribution < 1.29 is 28.6 Å². The molecular weight excluding hydrogens is 937 g/mol. The third-order valence-electron chi connectivity index (χ3n) is 15.7. The summed E-state index contributed by atoms with van der Waals surface area (Å²) >= 11 is 0. The molecule has 0 aromatic heterocycles. The zero-order chi connectivity index (χ0) is 55.0. The van der Waals surface area contributed by atoms with Crippen molar-refractivity contribution in [2.75, 3.05) is 13.2 Å². The molecule has 0 fully saturated rings. The fourth-order valence-corrected chi connectivity index (χ4v) is 10.5. The molecule has 0 aromatic rings. The number of hydrogen-bond donors (Lipinski definition) is 0. The molecule has 0 N–H and O–H groups in total. The van der Waals surface area contributed by atoms with Crippen molar-refractivity contribution in [2.45, 2.75) is 393 Å². The van der Waals surface area contributed by atoms with Gasteiger partial charge in [0.1, 0.15) is 13.2 Å². The molecule has 0 saturated heterocycles. The number of esters is 3. The number of carbonyl (C=O) groups excluding carboxylic acids is 3. The third-order valence-corrected chi connectivity index (χ3v) is 15.7. The standard InChI is InChI=1S/C70H132O6/c1-4-7-10-13-16-19-22-25-28-31-33-34-35-37-39-42-45-48-51-54-57-60-63-69(72)75-66-67(65-74-68(71)62-59-56-53-50-47-44-41-38-30-27-24-21-18-15-12-9-6-3)76-70(73)64-61-58-55-52-49-46-43-40-36-32-29-26-23-20-17-14-11-8-5-2/h18,21,27,30,67H,4-17,19-20,22-26,28-29,31-66H2,1-3H3/b21-18-,30-27-. The average molecular weight is 1070 g/mol. The molecule has 1 unspecified atom stereocenters. The molecule has 6 heteroatoms. The molecule has 0 spiro atoms. The highest BCUT2D eigenvalue weighted by molar-refractivity contribution is 5.71. The molecule has 6 nitrogen and oxygen atoms in total. The van der Waals surface area contributed by atoms with E-state index in [1.807, 2.05) is 0 Å². The molecule has 0 amide bonds. The van der Waals surface area contributed by atoms with Crippen LogP contribution in [-0.4, -0.2) is 37.2 Å². The summed E-state index contributed by atoms with van der Waals surface area (Å²) < 4.78 is 17.0. The molecule has 0 bridgehead atoms. The number of ether oxygens (including phenoxy) is 3. The van der Waals surface area contributed by atoms with Gasteiger partial charge in [0.15, 0.2) is 6.10 Å². The molecule has 1 atom stereocenters. The maximum atomic E-state index is 12.9. The SMILES string of the molecule is CCCCC/C=C\C/C=C\CCCCCCCCCC(=O)OCC(COC(=O)CCCCCCCCCCCCCCCCCCCCCCCC)OC(=O)CCCCCCCCCCCCCCCCCCCCC. The number of unbranched alkanes of at least 4 members (excludes halogenated alkanes) is 49. The maximum Gasteiger partial charge on any atom is 0.306 e. The lowest BCUT2D eigenvalue weighted by Gasteiger charge is -2.18. The van der Waals surface area contributed by atoms with Gasteiger partial charge in [0.2, 0.25) is 0 Å². The fraction of sp³-hybridized carbons (Fsp3) is 0.900. The minimum absolute atomic E-state index is 0.0671. The van der Waals surface area contributed by atoms with E-state index >= 15 is 0 Å². The van der Waals surface area contributed by atoms with Gasteiger partial charge in [0.05, 0.1) is 0 Å². The van der Waals surface area contributed by atoms with Crippen LogP contribution in [0.3, 0.4) is 0 Å². The number of rotatable bonds is 64. The first-order valence-corrected chi connectivity index (χ1v) is 34.3. The maximum absolute atomic E-state index is 12.9.